The van der Waals surface area contributed by atoms with Gasteiger partial charge in [-0.2, -0.15) is 0 Å². The van der Waals surface area contributed by atoms with Crippen molar-refractivity contribution in [1.82, 2.24) is 0 Å². The molecule has 0 bridgehead atoms. The van der Waals surface area contributed by atoms with Crippen LogP contribution in [0.15, 0.2) is 18.2 Å². The molecule has 0 aromatic heterocycles. The van der Waals surface area contributed by atoms with E-state index in [1.54, 1.807) is 6.92 Å². The second-order valence-electron chi connectivity index (χ2n) is 4.30. The number of ether oxygens (including phenoxy) is 2. The Balaban J connectivity index is 2.48. The van der Waals surface area contributed by atoms with Gasteiger partial charge in [-0.25, -0.2) is 4.79 Å². The van der Waals surface area contributed by atoms with E-state index < -0.39 is 22.6 Å². The minimum atomic E-state index is -1.80. The van der Waals surface area contributed by atoms with Gasteiger partial charge in [0.25, 0.3) is 5.69 Å². The van der Waals surface area contributed by atoms with E-state index in [0.29, 0.717) is 0 Å². The van der Waals surface area contributed by atoms with Crippen LogP contribution in [0.2, 0.25) is 0 Å². The van der Waals surface area contributed by atoms with Gasteiger partial charge < -0.3 is 14.6 Å². The molecule has 0 radical (unpaired) electrons. The lowest BCUT2D eigenvalue weighted by Gasteiger charge is -2.22. The maximum absolute atomic E-state index is 11.7. The number of nitro benzene ring substituents is 1. The Labute approximate surface area is 108 Å². The summed E-state index contributed by atoms with van der Waals surface area (Å²) in [4.78, 5) is 22.1. The Morgan fingerprint density at radius 3 is 2.89 bits per heavy atom. The van der Waals surface area contributed by atoms with Gasteiger partial charge in [-0.3, -0.25) is 10.1 Å². The standard InChI is InChI=1S/C12H13NO6/c1-3-18-11(14)10-12(2,15)9-7(13(16)17)5-4-6-8(9)19-10/h4-6,10,15H,3H2,1-2H3/t10-,12-/m1/s1. The summed E-state index contributed by atoms with van der Waals surface area (Å²) < 4.78 is 10.1. The molecule has 0 saturated heterocycles. The summed E-state index contributed by atoms with van der Waals surface area (Å²) in [7, 11) is 0. The van der Waals surface area contributed by atoms with Gasteiger partial charge in [-0.05, 0) is 19.9 Å². The second-order valence-corrected chi connectivity index (χ2v) is 4.30. The average Bonchev–Trinajstić information content (AvgIpc) is 2.61. The largest absolute Gasteiger partial charge is 0.475 e. The molecule has 19 heavy (non-hydrogen) atoms. The lowest BCUT2D eigenvalue weighted by Crippen LogP contribution is -2.42. The molecule has 0 unspecified atom stereocenters. The summed E-state index contributed by atoms with van der Waals surface area (Å²) in [5, 5.41) is 21.4. The first-order valence-electron chi connectivity index (χ1n) is 5.73. The number of aliphatic hydroxyl groups is 1. The van der Waals surface area contributed by atoms with Crippen LogP contribution in [0.25, 0.3) is 0 Å². The number of carbonyl (C=O) groups excluding carboxylic acids is 1. The number of benzene rings is 1. The molecule has 0 aliphatic carbocycles. The van der Waals surface area contributed by atoms with Gasteiger partial charge in [0.15, 0.2) is 0 Å². The molecule has 1 aliphatic rings. The molecule has 0 fully saturated rings. The van der Waals surface area contributed by atoms with Crippen molar-refractivity contribution in [2.45, 2.75) is 25.6 Å². The lowest BCUT2D eigenvalue weighted by atomic mass is 9.91. The van der Waals surface area contributed by atoms with Gasteiger partial charge in [0, 0.05) is 6.07 Å². The van der Waals surface area contributed by atoms with E-state index in [1.807, 2.05) is 0 Å². The Morgan fingerprint density at radius 2 is 2.32 bits per heavy atom. The quantitative estimate of drug-likeness (QED) is 0.500. The summed E-state index contributed by atoms with van der Waals surface area (Å²) in [5.74, 6) is -0.629. The fourth-order valence-corrected chi connectivity index (χ4v) is 2.15. The highest BCUT2D eigenvalue weighted by Crippen LogP contribution is 2.46. The van der Waals surface area contributed by atoms with Crippen LogP contribution in [-0.4, -0.2) is 28.7 Å². The van der Waals surface area contributed by atoms with Crippen LogP contribution in [-0.2, 0) is 15.1 Å². The van der Waals surface area contributed by atoms with E-state index in [1.165, 1.54) is 25.1 Å². The van der Waals surface area contributed by atoms with E-state index in [9.17, 15) is 20.0 Å². The van der Waals surface area contributed by atoms with Gasteiger partial charge in [-0.1, -0.05) is 6.07 Å². The lowest BCUT2D eigenvalue weighted by molar-refractivity contribution is -0.386. The smallest absolute Gasteiger partial charge is 0.350 e. The predicted molar refractivity (Wildman–Crippen MR) is 63.7 cm³/mol. The summed E-state index contributed by atoms with van der Waals surface area (Å²) in [5.41, 5.74) is -2.09. The van der Waals surface area contributed by atoms with E-state index in [-0.39, 0.29) is 23.6 Å². The molecule has 7 heteroatoms. The summed E-state index contributed by atoms with van der Waals surface area (Å²) >= 11 is 0. The number of fused-ring (bicyclic) bond motifs is 1. The van der Waals surface area contributed by atoms with Crippen molar-refractivity contribution in [1.29, 1.82) is 0 Å². The van der Waals surface area contributed by atoms with Crippen molar-refractivity contribution in [3.8, 4) is 5.75 Å². The molecule has 1 aliphatic heterocycles. The Morgan fingerprint density at radius 1 is 1.63 bits per heavy atom. The predicted octanol–water partition coefficient (Wildman–Crippen LogP) is 1.13. The van der Waals surface area contributed by atoms with Gasteiger partial charge in [-0.15, -0.1) is 0 Å². The molecule has 1 heterocycles. The van der Waals surface area contributed by atoms with Crippen molar-refractivity contribution in [2.75, 3.05) is 6.61 Å². The maximum atomic E-state index is 11.7. The van der Waals surface area contributed by atoms with Crippen LogP contribution in [0.3, 0.4) is 0 Å². The molecule has 0 amide bonds. The number of hydrogen-bond donors (Lipinski definition) is 1. The summed E-state index contributed by atoms with van der Waals surface area (Å²) in [6.45, 7) is 3.05. The average molecular weight is 267 g/mol. The van der Waals surface area contributed by atoms with Gasteiger partial charge in [0.05, 0.1) is 11.5 Å². The summed E-state index contributed by atoms with van der Waals surface area (Å²) in [6, 6.07) is 4.15. The van der Waals surface area contributed by atoms with E-state index >= 15 is 0 Å². The highest BCUT2D eigenvalue weighted by atomic mass is 16.6. The first kappa shape index (κ1) is 13.3. The minimum absolute atomic E-state index is 0.00180. The molecule has 2 rings (SSSR count). The normalized spacial score (nSPS) is 24.5. The Hall–Kier alpha value is -2.15. The van der Waals surface area contributed by atoms with Crippen molar-refractivity contribution in [3.63, 3.8) is 0 Å². The van der Waals surface area contributed by atoms with Crippen LogP contribution in [0, 0.1) is 10.1 Å². The van der Waals surface area contributed by atoms with Crippen molar-refractivity contribution >= 4 is 11.7 Å². The maximum Gasteiger partial charge on any atom is 0.350 e. The molecule has 0 spiro atoms. The van der Waals surface area contributed by atoms with Gasteiger partial charge in [0.1, 0.15) is 16.9 Å². The fraction of sp³-hybridized carbons (Fsp3) is 0.417. The van der Waals surface area contributed by atoms with Gasteiger partial charge >= 0.3 is 5.97 Å². The highest BCUT2D eigenvalue weighted by molar-refractivity contribution is 5.79. The van der Waals surface area contributed by atoms with Crippen LogP contribution in [0.5, 0.6) is 5.75 Å². The highest BCUT2D eigenvalue weighted by Gasteiger charge is 2.52. The fourth-order valence-electron chi connectivity index (χ4n) is 2.15. The molecule has 1 N–H and O–H groups in total. The van der Waals surface area contributed by atoms with Crippen LogP contribution >= 0.6 is 0 Å². The summed E-state index contributed by atoms with van der Waals surface area (Å²) in [6.07, 6.45) is -1.30. The monoisotopic (exact) mass is 267 g/mol. The zero-order valence-electron chi connectivity index (χ0n) is 10.5. The second kappa shape index (κ2) is 4.51. The molecule has 0 saturated carbocycles. The van der Waals surface area contributed by atoms with E-state index in [4.69, 9.17) is 9.47 Å². The molecule has 1 aromatic carbocycles. The van der Waals surface area contributed by atoms with Crippen molar-refractivity contribution < 1.29 is 24.3 Å². The third-order valence-electron chi connectivity index (χ3n) is 2.96. The van der Waals surface area contributed by atoms with Crippen molar-refractivity contribution in [2.24, 2.45) is 0 Å². The zero-order valence-corrected chi connectivity index (χ0v) is 10.5. The number of nitro groups is 1. The van der Waals surface area contributed by atoms with E-state index in [2.05, 4.69) is 0 Å². The minimum Gasteiger partial charge on any atom is -0.475 e. The molecule has 1 aromatic rings. The third kappa shape index (κ3) is 2.01. The molecule has 7 nitrogen and oxygen atoms in total. The number of hydrogen-bond acceptors (Lipinski definition) is 6. The molecule has 2 atom stereocenters. The molecular formula is C12H13NO6. The Bertz CT molecular complexity index is 539. The van der Waals surface area contributed by atoms with Crippen LogP contribution in [0.4, 0.5) is 5.69 Å². The number of esters is 1. The van der Waals surface area contributed by atoms with Crippen LogP contribution in [0.1, 0.15) is 19.4 Å². The molecular weight excluding hydrogens is 254 g/mol. The third-order valence-corrected chi connectivity index (χ3v) is 2.96. The zero-order chi connectivity index (χ0) is 14.2. The molecule has 102 valence electrons. The Kier molecular flexibility index (Phi) is 3.15. The topological polar surface area (TPSA) is 98.9 Å². The van der Waals surface area contributed by atoms with Crippen LogP contribution < -0.4 is 4.74 Å². The SMILES string of the molecule is CCOC(=O)[C@H]1Oc2cccc([N+](=O)[O-])c2[C@@]1(C)O. The van der Waals surface area contributed by atoms with Crippen molar-refractivity contribution in [3.05, 3.63) is 33.9 Å². The first-order valence-corrected chi connectivity index (χ1v) is 5.73. The number of nitrogens with zero attached hydrogens (tertiary/aromatic N) is 1. The van der Waals surface area contributed by atoms with Gasteiger partial charge in [0.2, 0.25) is 6.10 Å². The number of carbonyl (C=O) groups is 1. The first-order chi connectivity index (χ1) is 8.89. The van der Waals surface area contributed by atoms with E-state index in [0.717, 1.165) is 0 Å². The number of rotatable bonds is 3.